The third-order valence-corrected chi connectivity index (χ3v) is 3.69. The fourth-order valence-electron chi connectivity index (χ4n) is 2.54. The minimum atomic E-state index is 0.372. The lowest BCUT2D eigenvalue weighted by Gasteiger charge is -2.22. The number of nitrogens with one attached hydrogen (secondary N) is 1. The van der Waals surface area contributed by atoms with Crippen LogP contribution in [0.15, 0.2) is 6.07 Å². The van der Waals surface area contributed by atoms with Crippen molar-refractivity contribution in [2.45, 2.75) is 39.7 Å². The summed E-state index contributed by atoms with van der Waals surface area (Å²) in [6, 6.07) is 2.61. The third kappa shape index (κ3) is 3.03. The third-order valence-electron chi connectivity index (χ3n) is 3.69. The zero-order chi connectivity index (χ0) is 13.7. The molecule has 0 saturated heterocycles. The maximum atomic E-state index is 5.61. The molecule has 1 atom stereocenters. The standard InChI is InChI=1S/C15H26N2O/c1-10-9-13(14(17-4)7-6-8-16)11(2)12(3)15(10)18-5/h9,14,17H,6-8,16H2,1-5H3. The van der Waals surface area contributed by atoms with Crippen molar-refractivity contribution < 1.29 is 4.74 Å². The van der Waals surface area contributed by atoms with Gasteiger partial charge < -0.3 is 15.8 Å². The van der Waals surface area contributed by atoms with E-state index in [0.717, 1.165) is 25.1 Å². The molecule has 0 bridgehead atoms. The lowest BCUT2D eigenvalue weighted by atomic mass is 9.92. The van der Waals surface area contributed by atoms with E-state index in [-0.39, 0.29) is 0 Å². The van der Waals surface area contributed by atoms with E-state index in [0.29, 0.717) is 6.04 Å². The molecule has 0 heterocycles. The average molecular weight is 250 g/mol. The minimum absolute atomic E-state index is 0.372. The van der Waals surface area contributed by atoms with Gasteiger partial charge in [-0.25, -0.2) is 0 Å². The van der Waals surface area contributed by atoms with Gasteiger partial charge in [-0.15, -0.1) is 0 Å². The van der Waals surface area contributed by atoms with Gasteiger partial charge in [0.2, 0.25) is 0 Å². The molecule has 1 aromatic carbocycles. The Hall–Kier alpha value is -1.06. The molecule has 1 unspecified atom stereocenters. The zero-order valence-electron chi connectivity index (χ0n) is 12.3. The van der Waals surface area contributed by atoms with Gasteiger partial charge in [-0.05, 0) is 69.5 Å². The molecule has 18 heavy (non-hydrogen) atoms. The summed E-state index contributed by atoms with van der Waals surface area (Å²) in [5, 5.41) is 3.39. The van der Waals surface area contributed by atoms with E-state index < -0.39 is 0 Å². The number of nitrogens with two attached hydrogens (primary N) is 1. The highest BCUT2D eigenvalue weighted by atomic mass is 16.5. The van der Waals surface area contributed by atoms with E-state index in [1.54, 1.807) is 7.11 Å². The highest BCUT2D eigenvalue weighted by Crippen LogP contribution is 2.32. The van der Waals surface area contributed by atoms with Crippen LogP contribution in [0.1, 0.15) is 41.1 Å². The highest BCUT2D eigenvalue weighted by molar-refractivity contribution is 5.49. The van der Waals surface area contributed by atoms with Crippen LogP contribution < -0.4 is 15.8 Å². The second kappa shape index (κ2) is 6.76. The van der Waals surface area contributed by atoms with E-state index in [9.17, 15) is 0 Å². The second-order valence-corrected chi connectivity index (χ2v) is 4.84. The predicted octanol–water partition coefficient (Wildman–Crippen LogP) is 2.62. The fraction of sp³-hybridized carbons (Fsp3) is 0.600. The van der Waals surface area contributed by atoms with Gasteiger partial charge in [0.25, 0.3) is 0 Å². The van der Waals surface area contributed by atoms with Gasteiger partial charge in [0.05, 0.1) is 7.11 Å². The summed E-state index contributed by atoms with van der Waals surface area (Å²) in [5.41, 5.74) is 10.7. The normalized spacial score (nSPS) is 12.6. The van der Waals surface area contributed by atoms with Gasteiger partial charge in [0.15, 0.2) is 0 Å². The molecular formula is C15H26N2O. The van der Waals surface area contributed by atoms with Crippen LogP contribution in [0.4, 0.5) is 0 Å². The van der Waals surface area contributed by atoms with Crippen molar-refractivity contribution in [2.75, 3.05) is 20.7 Å². The van der Waals surface area contributed by atoms with Crippen LogP contribution in [0, 0.1) is 20.8 Å². The second-order valence-electron chi connectivity index (χ2n) is 4.84. The molecule has 0 fully saturated rings. The Labute approximate surface area is 111 Å². The molecule has 102 valence electrons. The van der Waals surface area contributed by atoms with Crippen molar-refractivity contribution in [1.29, 1.82) is 0 Å². The molecule has 0 aliphatic rings. The number of methoxy groups -OCH3 is 1. The Bertz CT molecular complexity index is 402. The summed E-state index contributed by atoms with van der Waals surface area (Å²) in [6.45, 7) is 7.13. The smallest absolute Gasteiger partial charge is 0.124 e. The molecule has 0 amide bonds. The van der Waals surface area contributed by atoms with Crippen LogP contribution in [0.25, 0.3) is 0 Å². The number of hydrogen-bond acceptors (Lipinski definition) is 3. The first kappa shape index (κ1) is 15.0. The molecule has 0 aromatic heterocycles. The van der Waals surface area contributed by atoms with Gasteiger partial charge in [-0.2, -0.15) is 0 Å². The van der Waals surface area contributed by atoms with E-state index >= 15 is 0 Å². The summed E-state index contributed by atoms with van der Waals surface area (Å²) in [7, 11) is 3.74. The number of aryl methyl sites for hydroxylation is 1. The summed E-state index contributed by atoms with van der Waals surface area (Å²) < 4.78 is 5.47. The van der Waals surface area contributed by atoms with Crippen molar-refractivity contribution in [1.82, 2.24) is 5.32 Å². The Morgan fingerprint density at radius 2 is 1.94 bits per heavy atom. The van der Waals surface area contributed by atoms with Crippen LogP contribution in [0.3, 0.4) is 0 Å². The first-order valence-corrected chi connectivity index (χ1v) is 6.58. The Balaban J connectivity index is 3.15. The Morgan fingerprint density at radius 1 is 1.28 bits per heavy atom. The van der Waals surface area contributed by atoms with Crippen molar-refractivity contribution in [3.63, 3.8) is 0 Å². The largest absolute Gasteiger partial charge is 0.496 e. The van der Waals surface area contributed by atoms with Crippen LogP contribution >= 0.6 is 0 Å². The van der Waals surface area contributed by atoms with Crippen LogP contribution in [0.2, 0.25) is 0 Å². The highest BCUT2D eigenvalue weighted by Gasteiger charge is 2.16. The molecule has 0 aliphatic heterocycles. The lowest BCUT2D eigenvalue weighted by Crippen LogP contribution is -2.19. The molecule has 0 aliphatic carbocycles. The molecule has 3 heteroatoms. The topological polar surface area (TPSA) is 47.3 Å². The number of hydrogen-bond donors (Lipinski definition) is 2. The lowest BCUT2D eigenvalue weighted by molar-refractivity contribution is 0.407. The molecular weight excluding hydrogens is 224 g/mol. The summed E-state index contributed by atoms with van der Waals surface area (Å²) in [6.07, 6.45) is 2.11. The molecule has 0 radical (unpaired) electrons. The molecule has 1 aromatic rings. The zero-order valence-corrected chi connectivity index (χ0v) is 12.3. The summed E-state index contributed by atoms with van der Waals surface area (Å²) in [5.74, 6) is 1.00. The van der Waals surface area contributed by atoms with Crippen molar-refractivity contribution in [2.24, 2.45) is 5.73 Å². The maximum Gasteiger partial charge on any atom is 0.124 e. The van der Waals surface area contributed by atoms with Crippen LogP contribution in [-0.2, 0) is 0 Å². The van der Waals surface area contributed by atoms with E-state index in [1.165, 1.54) is 22.3 Å². The monoisotopic (exact) mass is 250 g/mol. The van der Waals surface area contributed by atoms with Gasteiger partial charge in [-0.3, -0.25) is 0 Å². The first-order valence-electron chi connectivity index (χ1n) is 6.58. The summed E-state index contributed by atoms with van der Waals surface area (Å²) in [4.78, 5) is 0. The van der Waals surface area contributed by atoms with Crippen molar-refractivity contribution >= 4 is 0 Å². The van der Waals surface area contributed by atoms with Gasteiger partial charge in [-0.1, -0.05) is 6.07 Å². The minimum Gasteiger partial charge on any atom is -0.496 e. The van der Waals surface area contributed by atoms with Crippen LogP contribution in [0.5, 0.6) is 5.75 Å². The number of ether oxygens (including phenoxy) is 1. The van der Waals surface area contributed by atoms with E-state index in [4.69, 9.17) is 10.5 Å². The molecule has 3 N–H and O–H groups in total. The number of rotatable bonds is 6. The van der Waals surface area contributed by atoms with Crippen LogP contribution in [-0.4, -0.2) is 20.7 Å². The van der Waals surface area contributed by atoms with E-state index in [2.05, 4.69) is 32.2 Å². The van der Waals surface area contributed by atoms with Crippen molar-refractivity contribution in [3.05, 3.63) is 28.3 Å². The first-order chi connectivity index (χ1) is 8.56. The Kier molecular flexibility index (Phi) is 5.63. The van der Waals surface area contributed by atoms with E-state index in [1.807, 2.05) is 7.05 Å². The predicted molar refractivity (Wildman–Crippen MR) is 77.3 cm³/mol. The number of benzene rings is 1. The fourth-order valence-corrected chi connectivity index (χ4v) is 2.54. The SMILES string of the molecule is CNC(CCCN)c1cc(C)c(OC)c(C)c1C. The molecule has 0 spiro atoms. The molecule has 1 rings (SSSR count). The van der Waals surface area contributed by atoms with Crippen molar-refractivity contribution in [3.8, 4) is 5.75 Å². The summed E-state index contributed by atoms with van der Waals surface area (Å²) >= 11 is 0. The molecule has 0 saturated carbocycles. The van der Waals surface area contributed by atoms with Gasteiger partial charge in [0, 0.05) is 6.04 Å². The molecule has 3 nitrogen and oxygen atoms in total. The average Bonchev–Trinajstić information content (AvgIpc) is 2.36. The maximum absolute atomic E-state index is 5.61. The van der Waals surface area contributed by atoms with Gasteiger partial charge >= 0.3 is 0 Å². The Morgan fingerprint density at radius 3 is 2.44 bits per heavy atom. The van der Waals surface area contributed by atoms with Gasteiger partial charge in [0.1, 0.15) is 5.75 Å². The quantitative estimate of drug-likeness (QED) is 0.816.